The van der Waals surface area contributed by atoms with Gasteiger partial charge < -0.3 is 5.32 Å². The molecule has 0 spiro atoms. The predicted octanol–water partition coefficient (Wildman–Crippen LogP) is 5.05. The van der Waals surface area contributed by atoms with E-state index in [-0.39, 0.29) is 0 Å². The highest BCUT2D eigenvalue weighted by Gasteiger charge is 1.99. The smallest absolute Gasteiger partial charge is 0.0424 e. The normalized spacial score (nSPS) is 10.6. The minimum absolute atomic E-state index is 0.668. The Balaban J connectivity index is 1.92. The van der Waals surface area contributed by atoms with Crippen LogP contribution in [0.15, 0.2) is 46.9 Å². The molecule has 0 heterocycles. The Labute approximate surface area is 125 Å². The molecule has 1 nitrogen and oxygen atoms in total. The third kappa shape index (κ3) is 4.29. The van der Waals surface area contributed by atoms with Gasteiger partial charge in [0, 0.05) is 27.6 Å². The molecule has 0 unspecified atom stereocenters. The molecule has 2 aromatic carbocycles. The number of benzene rings is 2. The zero-order valence-corrected chi connectivity index (χ0v) is 12.7. The van der Waals surface area contributed by atoms with E-state index in [0.29, 0.717) is 10.0 Å². The van der Waals surface area contributed by atoms with Crippen molar-refractivity contribution in [2.24, 2.45) is 0 Å². The van der Waals surface area contributed by atoms with Gasteiger partial charge in [-0.15, -0.1) is 0 Å². The van der Waals surface area contributed by atoms with E-state index < -0.39 is 0 Å². The molecule has 0 saturated carbocycles. The molecule has 0 atom stereocenters. The van der Waals surface area contributed by atoms with Crippen LogP contribution in [-0.2, 0) is 13.1 Å². The number of rotatable bonds is 4. The molecule has 0 aliphatic carbocycles. The molecule has 0 aliphatic heterocycles. The van der Waals surface area contributed by atoms with E-state index in [0.717, 1.165) is 23.1 Å². The summed E-state index contributed by atoms with van der Waals surface area (Å²) in [6.07, 6.45) is 0. The summed E-state index contributed by atoms with van der Waals surface area (Å²) in [7, 11) is 0. The van der Waals surface area contributed by atoms with Crippen molar-refractivity contribution < 1.29 is 0 Å². The summed E-state index contributed by atoms with van der Waals surface area (Å²) in [4.78, 5) is 0. The summed E-state index contributed by atoms with van der Waals surface area (Å²) in [5.41, 5.74) is 2.32. The van der Waals surface area contributed by atoms with Gasteiger partial charge in [-0.25, -0.2) is 0 Å². The van der Waals surface area contributed by atoms with Gasteiger partial charge in [0.1, 0.15) is 0 Å². The molecule has 0 fully saturated rings. The molecule has 0 radical (unpaired) electrons. The molecular formula is C14H12BrCl2N. The number of halogens is 3. The van der Waals surface area contributed by atoms with Crippen molar-refractivity contribution in [3.63, 3.8) is 0 Å². The molecule has 94 valence electrons. The van der Waals surface area contributed by atoms with E-state index in [1.807, 2.05) is 24.3 Å². The molecule has 18 heavy (non-hydrogen) atoms. The Hall–Kier alpha value is -0.540. The van der Waals surface area contributed by atoms with Crippen LogP contribution in [0.5, 0.6) is 0 Å². The maximum atomic E-state index is 5.95. The van der Waals surface area contributed by atoms with E-state index >= 15 is 0 Å². The molecule has 2 rings (SSSR count). The van der Waals surface area contributed by atoms with Crippen LogP contribution in [-0.4, -0.2) is 0 Å². The zero-order chi connectivity index (χ0) is 13.0. The lowest BCUT2D eigenvalue weighted by Gasteiger charge is -2.06. The lowest BCUT2D eigenvalue weighted by atomic mass is 10.2. The van der Waals surface area contributed by atoms with Crippen LogP contribution in [0.2, 0.25) is 10.0 Å². The van der Waals surface area contributed by atoms with Crippen molar-refractivity contribution >= 4 is 39.1 Å². The Morgan fingerprint density at radius 2 is 1.56 bits per heavy atom. The van der Waals surface area contributed by atoms with Gasteiger partial charge in [0.15, 0.2) is 0 Å². The quantitative estimate of drug-likeness (QED) is 0.818. The standard InChI is InChI=1S/C14H12BrCl2N/c15-12-3-1-2-10(4-12)8-18-9-11-5-13(16)7-14(17)6-11/h1-7,18H,8-9H2. The first-order chi connectivity index (χ1) is 8.63. The largest absolute Gasteiger partial charge is 0.309 e. The molecule has 4 heteroatoms. The topological polar surface area (TPSA) is 12.0 Å². The highest BCUT2D eigenvalue weighted by atomic mass is 79.9. The highest BCUT2D eigenvalue weighted by molar-refractivity contribution is 9.10. The Morgan fingerprint density at radius 3 is 2.22 bits per heavy atom. The summed E-state index contributed by atoms with van der Waals surface area (Å²) in [6.45, 7) is 1.55. The fraction of sp³-hybridized carbons (Fsp3) is 0.143. The van der Waals surface area contributed by atoms with Gasteiger partial charge in [-0.05, 0) is 41.5 Å². The second kappa shape index (κ2) is 6.58. The summed E-state index contributed by atoms with van der Waals surface area (Å²) >= 11 is 15.4. The summed E-state index contributed by atoms with van der Waals surface area (Å²) in [6, 6.07) is 13.8. The van der Waals surface area contributed by atoms with E-state index in [1.54, 1.807) is 6.07 Å². The van der Waals surface area contributed by atoms with Gasteiger partial charge >= 0.3 is 0 Å². The van der Waals surface area contributed by atoms with Crippen LogP contribution in [0, 0.1) is 0 Å². The van der Waals surface area contributed by atoms with Crippen LogP contribution in [0.4, 0.5) is 0 Å². The fourth-order valence-corrected chi connectivity index (χ4v) is 2.73. The van der Waals surface area contributed by atoms with Gasteiger partial charge in [0.25, 0.3) is 0 Å². The van der Waals surface area contributed by atoms with Gasteiger partial charge in [0.2, 0.25) is 0 Å². The van der Waals surface area contributed by atoms with Crippen LogP contribution in [0.1, 0.15) is 11.1 Å². The molecule has 0 saturated heterocycles. The average Bonchev–Trinajstić information content (AvgIpc) is 2.27. The van der Waals surface area contributed by atoms with Crippen LogP contribution in [0.3, 0.4) is 0 Å². The van der Waals surface area contributed by atoms with Gasteiger partial charge in [-0.2, -0.15) is 0 Å². The maximum Gasteiger partial charge on any atom is 0.0424 e. The third-order valence-electron chi connectivity index (χ3n) is 2.47. The van der Waals surface area contributed by atoms with Crippen LogP contribution < -0.4 is 5.32 Å². The van der Waals surface area contributed by atoms with Crippen molar-refractivity contribution in [1.82, 2.24) is 5.32 Å². The predicted molar refractivity (Wildman–Crippen MR) is 81.1 cm³/mol. The SMILES string of the molecule is Clc1cc(Cl)cc(CNCc2cccc(Br)c2)c1. The third-order valence-corrected chi connectivity index (χ3v) is 3.40. The lowest BCUT2D eigenvalue weighted by Crippen LogP contribution is -2.12. The maximum absolute atomic E-state index is 5.95. The molecule has 0 aliphatic rings. The molecular weight excluding hydrogens is 333 g/mol. The molecule has 0 amide bonds. The lowest BCUT2D eigenvalue weighted by molar-refractivity contribution is 0.693. The monoisotopic (exact) mass is 343 g/mol. The van der Waals surface area contributed by atoms with Crippen molar-refractivity contribution in [2.75, 3.05) is 0 Å². The molecule has 2 aromatic rings. The molecule has 0 aromatic heterocycles. The first kappa shape index (κ1) is 13.9. The number of nitrogens with one attached hydrogen (secondary N) is 1. The minimum atomic E-state index is 0.668. The summed E-state index contributed by atoms with van der Waals surface area (Å²) in [5.74, 6) is 0. The Kier molecular flexibility index (Phi) is 5.07. The molecule has 0 bridgehead atoms. The van der Waals surface area contributed by atoms with Gasteiger partial charge in [-0.1, -0.05) is 51.3 Å². The van der Waals surface area contributed by atoms with Crippen molar-refractivity contribution in [1.29, 1.82) is 0 Å². The minimum Gasteiger partial charge on any atom is -0.309 e. The van der Waals surface area contributed by atoms with E-state index in [9.17, 15) is 0 Å². The van der Waals surface area contributed by atoms with E-state index in [4.69, 9.17) is 23.2 Å². The second-order valence-corrected chi connectivity index (χ2v) is 5.80. The number of hydrogen-bond donors (Lipinski definition) is 1. The van der Waals surface area contributed by atoms with Crippen molar-refractivity contribution in [3.8, 4) is 0 Å². The average molecular weight is 345 g/mol. The van der Waals surface area contributed by atoms with Crippen LogP contribution >= 0.6 is 39.1 Å². The zero-order valence-electron chi connectivity index (χ0n) is 9.59. The first-order valence-electron chi connectivity index (χ1n) is 5.53. The Morgan fingerprint density at radius 1 is 0.889 bits per heavy atom. The fourth-order valence-electron chi connectivity index (χ4n) is 1.71. The van der Waals surface area contributed by atoms with Gasteiger partial charge in [-0.3, -0.25) is 0 Å². The van der Waals surface area contributed by atoms with Crippen molar-refractivity contribution in [3.05, 3.63) is 68.1 Å². The first-order valence-corrected chi connectivity index (χ1v) is 7.08. The second-order valence-electron chi connectivity index (χ2n) is 4.01. The summed E-state index contributed by atoms with van der Waals surface area (Å²) < 4.78 is 1.09. The van der Waals surface area contributed by atoms with Gasteiger partial charge in [0.05, 0.1) is 0 Å². The van der Waals surface area contributed by atoms with Crippen LogP contribution in [0.25, 0.3) is 0 Å². The number of hydrogen-bond acceptors (Lipinski definition) is 1. The van der Waals surface area contributed by atoms with Crippen molar-refractivity contribution in [2.45, 2.75) is 13.1 Å². The van der Waals surface area contributed by atoms with E-state index in [1.165, 1.54) is 5.56 Å². The van der Waals surface area contributed by atoms with E-state index in [2.05, 4.69) is 33.4 Å². The molecule has 1 N–H and O–H groups in total. The summed E-state index contributed by atoms with van der Waals surface area (Å²) in [5, 5.41) is 4.70. The highest BCUT2D eigenvalue weighted by Crippen LogP contribution is 2.19. The Bertz CT molecular complexity index is 523.